The van der Waals surface area contributed by atoms with Gasteiger partial charge in [0.25, 0.3) is 0 Å². The number of carbonyl (C=O) groups excluding carboxylic acids is 2. The number of likely N-dealkylation sites (tertiary alicyclic amines) is 1. The summed E-state index contributed by atoms with van der Waals surface area (Å²) >= 11 is 0. The predicted octanol–water partition coefficient (Wildman–Crippen LogP) is 3.49. The van der Waals surface area contributed by atoms with E-state index in [1.807, 2.05) is 0 Å². The van der Waals surface area contributed by atoms with Crippen molar-refractivity contribution in [2.45, 2.75) is 57.4 Å². The van der Waals surface area contributed by atoms with Crippen LogP contribution in [-0.4, -0.2) is 44.3 Å². The number of nitrogens with one attached hydrogen (secondary N) is 2. The Morgan fingerprint density at radius 2 is 1.64 bits per heavy atom. The lowest BCUT2D eigenvalue weighted by Gasteiger charge is -2.33. The highest BCUT2D eigenvalue weighted by atomic mass is 32.2. The van der Waals surface area contributed by atoms with E-state index in [1.165, 1.54) is 42.3 Å². The van der Waals surface area contributed by atoms with E-state index in [0.717, 1.165) is 25.7 Å². The van der Waals surface area contributed by atoms with E-state index in [9.17, 15) is 18.0 Å². The van der Waals surface area contributed by atoms with Gasteiger partial charge in [-0.1, -0.05) is 29.8 Å². The van der Waals surface area contributed by atoms with E-state index >= 15 is 0 Å². The molecule has 1 heterocycles. The van der Waals surface area contributed by atoms with Crippen molar-refractivity contribution in [3.63, 3.8) is 0 Å². The van der Waals surface area contributed by atoms with E-state index in [4.69, 9.17) is 0 Å². The maximum Gasteiger partial charge on any atom is 0.241 e. The summed E-state index contributed by atoms with van der Waals surface area (Å²) in [7, 11) is -3.85. The van der Waals surface area contributed by atoms with Crippen LogP contribution < -0.4 is 10.0 Å². The predicted molar refractivity (Wildman–Crippen MR) is 129 cm³/mol. The van der Waals surface area contributed by atoms with Gasteiger partial charge in [0, 0.05) is 25.7 Å². The van der Waals surface area contributed by atoms with E-state index in [0.29, 0.717) is 24.7 Å². The molecule has 8 heteroatoms. The maximum atomic E-state index is 12.9. The number of aryl methyl sites for hydroxylation is 2. The first-order chi connectivity index (χ1) is 15.6. The number of piperidine rings is 1. The summed E-state index contributed by atoms with van der Waals surface area (Å²) in [5, 5.41) is 2.59. The minimum absolute atomic E-state index is 0.0473. The molecule has 1 aliphatic rings. The number of amides is 2. The fraction of sp³-hybridized carbons (Fsp3) is 0.440. The second-order valence-electron chi connectivity index (χ2n) is 8.84. The quantitative estimate of drug-likeness (QED) is 0.616. The third-order valence-corrected chi connectivity index (χ3v) is 7.63. The van der Waals surface area contributed by atoms with Crippen LogP contribution in [0.25, 0.3) is 0 Å². The minimum Gasteiger partial charge on any atom is -0.341 e. The topological polar surface area (TPSA) is 95.6 Å². The first-order valence-electron chi connectivity index (χ1n) is 11.4. The average molecular weight is 472 g/mol. The van der Waals surface area contributed by atoms with Crippen molar-refractivity contribution < 1.29 is 18.0 Å². The third-order valence-electron chi connectivity index (χ3n) is 6.08. The molecule has 33 heavy (non-hydrogen) atoms. The fourth-order valence-electron chi connectivity index (χ4n) is 4.11. The molecule has 2 N–H and O–H groups in total. The monoisotopic (exact) mass is 471 g/mol. The van der Waals surface area contributed by atoms with Gasteiger partial charge >= 0.3 is 0 Å². The van der Waals surface area contributed by atoms with Gasteiger partial charge in [-0.05, 0) is 75.3 Å². The second kappa shape index (κ2) is 10.9. The molecule has 0 saturated carbocycles. The molecule has 178 valence electrons. The number of hydrogen-bond acceptors (Lipinski definition) is 4. The third kappa shape index (κ3) is 7.14. The Kier molecular flexibility index (Phi) is 8.26. The van der Waals surface area contributed by atoms with Gasteiger partial charge in [0.2, 0.25) is 21.8 Å². The number of anilines is 1. The van der Waals surface area contributed by atoms with Gasteiger partial charge in [-0.25, -0.2) is 8.42 Å². The van der Waals surface area contributed by atoms with Crippen molar-refractivity contribution in [2.24, 2.45) is 5.92 Å². The van der Waals surface area contributed by atoms with Crippen LogP contribution in [0, 0.1) is 12.8 Å². The number of hydrogen-bond donors (Lipinski definition) is 2. The van der Waals surface area contributed by atoms with Crippen molar-refractivity contribution in [1.29, 1.82) is 0 Å². The molecular weight excluding hydrogens is 438 g/mol. The van der Waals surface area contributed by atoms with Gasteiger partial charge in [0.05, 0.1) is 10.9 Å². The molecule has 1 saturated heterocycles. The standard InChI is InChI=1S/C25H33N3O4S/c1-18-4-6-21(7-5-18)8-9-22-14-16-28(17-15-22)25(30)19(2)27-33(31,32)24-12-10-23(11-13-24)26-20(3)29/h4-7,10-13,19,22,27H,8-9,14-17H2,1-3H3,(H,26,29). The Morgan fingerprint density at radius 1 is 1.03 bits per heavy atom. The molecule has 0 aromatic heterocycles. The molecule has 1 atom stereocenters. The maximum absolute atomic E-state index is 12.9. The summed E-state index contributed by atoms with van der Waals surface area (Å²) in [6.45, 7) is 6.34. The minimum atomic E-state index is -3.85. The van der Waals surface area contributed by atoms with Crippen LogP contribution in [0.2, 0.25) is 0 Å². The number of nitrogens with zero attached hydrogens (tertiary/aromatic N) is 1. The van der Waals surface area contributed by atoms with Crippen LogP contribution in [-0.2, 0) is 26.0 Å². The summed E-state index contributed by atoms with van der Waals surface area (Å²) in [6.07, 6.45) is 4.00. The Labute approximate surface area is 196 Å². The van der Waals surface area contributed by atoms with E-state index in [2.05, 4.69) is 41.2 Å². The van der Waals surface area contributed by atoms with E-state index < -0.39 is 16.1 Å². The lowest BCUT2D eigenvalue weighted by atomic mass is 9.90. The Morgan fingerprint density at radius 3 is 2.21 bits per heavy atom. The molecule has 0 spiro atoms. The first-order valence-corrected chi connectivity index (χ1v) is 12.9. The molecule has 1 fully saturated rings. The lowest BCUT2D eigenvalue weighted by molar-refractivity contribution is -0.134. The molecule has 1 unspecified atom stereocenters. The highest BCUT2D eigenvalue weighted by molar-refractivity contribution is 7.89. The molecule has 0 bridgehead atoms. The van der Waals surface area contributed by atoms with Crippen molar-refractivity contribution in [3.05, 3.63) is 59.7 Å². The van der Waals surface area contributed by atoms with Crippen molar-refractivity contribution in [3.8, 4) is 0 Å². The SMILES string of the molecule is CC(=O)Nc1ccc(S(=O)(=O)NC(C)C(=O)N2CCC(CCc3ccc(C)cc3)CC2)cc1. The Hall–Kier alpha value is -2.71. The molecule has 3 rings (SSSR count). The first kappa shape index (κ1) is 24.9. The molecular formula is C25H33N3O4S. The molecule has 2 aromatic carbocycles. The highest BCUT2D eigenvalue weighted by Gasteiger charge is 2.29. The van der Waals surface area contributed by atoms with Crippen LogP contribution >= 0.6 is 0 Å². The largest absolute Gasteiger partial charge is 0.341 e. The van der Waals surface area contributed by atoms with Crippen LogP contribution in [0.4, 0.5) is 5.69 Å². The fourth-order valence-corrected chi connectivity index (χ4v) is 5.31. The zero-order valence-electron chi connectivity index (χ0n) is 19.5. The van der Waals surface area contributed by atoms with Crippen molar-refractivity contribution in [2.75, 3.05) is 18.4 Å². The second-order valence-corrected chi connectivity index (χ2v) is 10.6. The Balaban J connectivity index is 1.48. The molecule has 0 aliphatic carbocycles. The zero-order chi connectivity index (χ0) is 24.0. The Bertz CT molecular complexity index is 1060. The van der Waals surface area contributed by atoms with Crippen LogP contribution in [0.1, 0.15) is 44.2 Å². The van der Waals surface area contributed by atoms with Crippen LogP contribution in [0.3, 0.4) is 0 Å². The van der Waals surface area contributed by atoms with Gasteiger partial charge in [-0.3, -0.25) is 9.59 Å². The summed E-state index contributed by atoms with van der Waals surface area (Å²) in [6, 6.07) is 13.6. The average Bonchev–Trinajstić information content (AvgIpc) is 2.78. The molecule has 7 nitrogen and oxygen atoms in total. The van der Waals surface area contributed by atoms with Gasteiger partial charge < -0.3 is 10.2 Å². The summed E-state index contributed by atoms with van der Waals surface area (Å²) in [5.74, 6) is 0.136. The number of benzene rings is 2. The number of carbonyl (C=O) groups is 2. The van der Waals surface area contributed by atoms with Gasteiger partial charge in [0.15, 0.2) is 0 Å². The number of rotatable bonds is 8. The molecule has 2 amide bonds. The van der Waals surface area contributed by atoms with Crippen molar-refractivity contribution in [1.82, 2.24) is 9.62 Å². The van der Waals surface area contributed by atoms with Gasteiger partial charge in [-0.2, -0.15) is 4.72 Å². The highest BCUT2D eigenvalue weighted by Crippen LogP contribution is 2.23. The van der Waals surface area contributed by atoms with Crippen LogP contribution in [0.15, 0.2) is 53.4 Å². The van der Waals surface area contributed by atoms with E-state index in [1.54, 1.807) is 11.8 Å². The van der Waals surface area contributed by atoms with E-state index in [-0.39, 0.29) is 16.7 Å². The summed E-state index contributed by atoms with van der Waals surface area (Å²) in [5.41, 5.74) is 3.11. The van der Waals surface area contributed by atoms with Crippen LogP contribution in [0.5, 0.6) is 0 Å². The smallest absolute Gasteiger partial charge is 0.241 e. The lowest BCUT2D eigenvalue weighted by Crippen LogP contribution is -2.49. The van der Waals surface area contributed by atoms with Gasteiger partial charge in [0.1, 0.15) is 0 Å². The molecule has 1 aliphatic heterocycles. The summed E-state index contributed by atoms with van der Waals surface area (Å²) < 4.78 is 27.9. The normalized spacial score (nSPS) is 15.8. The molecule has 2 aromatic rings. The van der Waals surface area contributed by atoms with Crippen molar-refractivity contribution >= 4 is 27.5 Å². The summed E-state index contributed by atoms with van der Waals surface area (Å²) in [4.78, 5) is 25.8. The number of sulfonamides is 1. The van der Waals surface area contributed by atoms with Gasteiger partial charge in [-0.15, -0.1) is 0 Å². The molecule has 0 radical (unpaired) electrons. The zero-order valence-corrected chi connectivity index (χ0v) is 20.3.